The Morgan fingerprint density at radius 3 is 2.44 bits per heavy atom. The van der Waals surface area contributed by atoms with Crippen LogP contribution in [0.3, 0.4) is 0 Å². The zero-order valence-electron chi connectivity index (χ0n) is 15.4. The van der Waals surface area contributed by atoms with Gasteiger partial charge in [0.25, 0.3) is 0 Å². The lowest BCUT2D eigenvalue weighted by Crippen LogP contribution is -2.03. The summed E-state index contributed by atoms with van der Waals surface area (Å²) in [6.07, 6.45) is 1.02. The number of aryl methyl sites for hydroxylation is 2. The maximum Gasteiger partial charge on any atom is 0.138 e. The van der Waals surface area contributed by atoms with E-state index >= 15 is 0 Å². The van der Waals surface area contributed by atoms with Crippen LogP contribution < -0.4 is 5.36 Å². The predicted molar refractivity (Wildman–Crippen MR) is 112 cm³/mol. The molecule has 0 amide bonds. The Morgan fingerprint density at radius 1 is 0.926 bits per heavy atom. The standard InChI is InChI=1S/C24H20ClNO/c1-3-17-9-11-18(12-10-17)26-22-15-24(19-6-4-5-7-21(19)25)27-23-13-8-16(2)14-20(22)23/h4-15H,3H2,1-2H3. The summed E-state index contributed by atoms with van der Waals surface area (Å²) in [6, 6.07) is 24.2. The molecule has 0 aliphatic rings. The minimum atomic E-state index is 0.658. The van der Waals surface area contributed by atoms with Gasteiger partial charge in [-0.2, -0.15) is 0 Å². The molecule has 2 nitrogen and oxygen atoms in total. The third-order valence-electron chi connectivity index (χ3n) is 4.63. The Balaban J connectivity index is 1.97. The summed E-state index contributed by atoms with van der Waals surface area (Å²) in [5.74, 6) is 0.709. The first-order valence-electron chi connectivity index (χ1n) is 9.07. The van der Waals surface area contributed by atoms with Crippen LogP contribution in [0.4, 0.5) is 5.69 Å². The van der Waals surface area contributed by atoms with Gasteiger partial charge in [0.1, 0.15) is 11.3 Å². The number of benzene rings is 3. The largest absolute Gasteiger partial charge is 0.456 e. The summed E-state index contributed by atoms with van der Waals surface area (Å²) >= 11 is 6.39. The molecular formula is C24H20ClNO. The van der Waals surface area contributed by atoms with Crippen LogP contribution in [-0.4, -0.2) is 0 Å². The van der Waals surface area contributed by atoms with Gasteiger partial charge in [-0.05, 0) is 55.3 Å². The van der Waals surface area contributed by atoms with Crippen molar-refractivity contribution in [3.05, 3.63) is 94.3 Å². The first-order chi connectivity index (χ1) is 13.1. The second-order valence-corrected chi connectivity index (χ2v) is 7.01. The van der Waals surface area contributed by atoms with Crippen LogP contribution in [0.5, 0.6) is 0 Å². The molecule has 0 saturated carbocycles. The molecule has 4 rings (SSSR count). The van der Waals surface area contributed by atoms with Crippen LogP contribution in [0.15, 0.2) is 82.2 Å². The number of nitrogens with zero attached hydrogens (tertiary/aromatic N) is 1. The Kier molecular flexibility index (Phi) is 4.83. The second kappa shape index (κ2) is 7.42. The van der Waals surface area contributed by atoms with Gasteiger partial charge in [0, 0.05) is 17.0 Å². The monoisotopic (exact) mass is 373 g/mol. The molecule has 1 heterocycles. The van der Waals surface area contributed by atoms with Crippen molar-refractivity contribution in [2.24, 2.45) is 4.99 Å². The fourth-order valence-corrected chi connectivity index (χ4v) is 3.34. The van der Waals surface area contributed by atoms with Crippen molar-refractivity contribution in [1.29, 1.82) is 0 Å². The van der Waals surface area contributed by atoms with Crippen LogP contribution in [-0.2, 0) is 6.42 Å². The van der Waals surface area contributed by atoms with Crippen molar-refractivity contribution in [2.75, 3.05) is 0 Å². The van der Waals surface area contributed by atoms with Gasteiger partial charge in [-0.1, -0.05) is 54.4 Å². The van der Waals surface area contributed by atoms with Crippen molar-refractivity contribution in [1.82, 2.24) is 0 Å². The van der Waals surface area contributed by atoms with Crippen LogP contribution in [0.2, 0.25) is 5.02 Å². The fraction of sp³-hybridized carbons (Fsp3) is 0.125. The van der Waals surface area contributed by atoms with Gasteiger partial charge in [-0.3, -0.25) is 0 Å². The molecule has 134 valence electrons. The predicted octanol–water partition coefficient (Wildman–Crippen LogP) is 6.86. The molecule has 0 spiro atoms. The minimum absolute atomic E-state index is 0.658. The lowest BCUT2D eigenvalue weighted by atomic mass is 10.1. The van der Waals surface area contributed by atoms with E-state index in [0.717, 1.165) is 34.0 Å². The molecule has 3 aromatic carbocycles. The maximum atomic E-state index is 6.39. The average Bonchev–Trinajstić information content (AvgIpc) is 2.69. The van der Waals surface area contributed by atoms with Gasteiger partial charge in [0.05, 0.1) is 16.1 Å². The Morgan fingerprint density at radius 2 is 1.70 bits per heavy atom. The van der Waals surface area contributed by atoms with E-state index in [-0.39, 0.29) is 0 Å². The van der Waals surface area contributed by atoms with Crippen molar-refractivity contribution >= 4 is 28.3 Å². The highest BCUT2D eigenvalue weighted by molar-refractivity contribution is 6.33. The molecule has 0 fully saturated rings. The topological polar surface area (TPSA) is 25.5 Å². The second-order valence-electron chi connectivity index (χ2n) is 6.61. The van der Waals surface area contributed by atoms with Crippen LogP contribution in [0.25, 0.3) is 22.3 Å². The highest BCUT2D eigenvalue weighted by Crippen LogP contribution is 2.29. The highest BCUT2D eigenvalue weighted by atomic mass is 35.5. The van der Waals surface area contributed by atoms with Crippen LogP contribution >= 0.6 is 11.6 Å². The molecule has 0 saturated heterocycles. The third-order valence-corrected chi connectivity index (χ3v) is 4.96. The fourth-order valence-electron chi connectivity index (χ4n) is 3.11. The molecule has 0 N–H and O–H groups in total. The summed E-state index contributed by atoms with van der Waals surface area (Å²) in [7, 11) is 0. The minimum Gasteiger partial charge on any atom is -0.456 e. The summed E-state index contributed by atoms with van der Waals surface area (Å²) < 4.78 is 6.15. The number of hydrogen-bond acceptors (Lipinski definition) is 2. The smallest absolute Gasteiger partial charge is 0.138 e. The number of halogens is 1. The van der Waals surface area contributed by atoms with Crippen molar-refractivity contribution < 1.29 is 4.42 Å². The van der Waals surface area contributed by atoms with Crippen LogP contribution in [0.1, 0.15) is 18.1 Å². The molecule has 0 radical (unpaired) electrons. The first kappa shape index (κ1) is 17.6. The van der Waals surface area contributed by atoms with Gasteiger partial charge in [0.15, 0.2) is 0 Å². The zero-order valence-corrected chi connectivity index (χ0v) is 16.1. The van der Waals surface area contributed by atoms with E-state index < -0.39 is 0 Å². The Bertz CT molecular complexity index is 1170. The third kappa shape index (κ3) is 3.67. The molecule has 27 heavy (non-hydrogen) atoms. The lowest BCUT2D eigenvalue weighted by Gasteiger charge is -2.07. The van der Waals surface area contributed by atoms with E-state index in [1.807, 2.05) is 42.5 Å². The summed E-state index contributed by atoms with van der Waals surface area (Å²) in [5.41, 5.74) is 5.04. The van der Waals surface area contributed by atoms with Gasteiger partial charge >= 0.3 is 0 Å². The molecule has 1 aromatic heterocycles. The van der Waals surface area contributed by atoms with Crippen molar-refractivity contribution in [3.63, 3.8) is 0 Å². The van der Waals surface area contributed by atoms with Crippen LogP contribution in [0, 0.1) is 6.92 Å². The molecule has 0 aliphatic carbocycles. The zero-order chi connectivity index (χ0) is 18.8. The summed E-state index contributed by atoms with van der Waals surface area (Å²) in [4.78, 5) is 4.90. The summed E-state index contributed by atoms with van der Waals surface area (Å²) in [6.45, 7) is 4.22. The molecule has 0 atom stereocenters. The van der Waals surface area contributed by atoms with Crippen molar-refractivity contribution in [3.8, 4) is 11.3 Å². The average molecular weight is 374 g/mol. The Hall–Kier alpha value is -2.84. The van der Waals surface area contributed by atoms with E-state index in [4.69, 9.17) is 21.0 Å². The lowest BCUT2D eigenvalue weighted by molar-refractivity contribution is 0.618. The van der Waals surface area contributed by atoms with Gasteiger partial charge in [-0.15, -0.1) is 0 Å². The summed E-state index contributed by atoms with van der Waals surface area (Å²) in [5, 5.41) is 2.52. The quantitative estimate of drug-likeness (QED) is 0.385. The maximum absolute atomic E-state index is 6.39. The molecule has 3 heteroatoms. The van der Waals surface area contributed by atoms with Crippen molar-refractivity contribution in [2.45, 2.75) is 20.3 Å². The molecular weight excluding hydrogens is 354 g/mol. The molecule has 0 aliphatic heterocycles. The van der Waals surface area contributed by atoms with E-state index in [0.29, 0.717) is 10.8 Å². The van der Waals surface area contributed by atoms with E-state index in [1.165, 1.54) is 11.1 Å². The molecule has 4 aromatic rings. The molecule has 0 unspecified atom stereocenters. The van der Waals surface area contributed by atoms with Gasteiger partial charge < -0.3 is 4.42 Å². The normalized spacial score (nSPS) is 11.9. The number of rotatable bonds is 3. The van der Waals surface area contributed by atoms with Gasteiger partial charge in [-0.25, -0.2) is 4.99 Å². The van der Waals surface area contributed by atoms with E-state index in [1.54, 1.807) is 0 Å². The van der Waals surface area contributed by atoms with E-state index in [2.05, 4.69) is 44.2 Å². The first-order valence-corrected chi connectivity index (χ1v) is 9.45. The SMILES string of the molecule is CCc1ccc(N=c2cc(-c3ccccc3Cl)oc3ccc(C)cc23)cc1. The van der Waals surface area contributed by atoms with Gasteiger partial charge in [0.2, 0.25) is 0 Å². The number of hydrogen-bond donors (Lipinski definition) is 0. The molecule has 0 bridgehead atoms. The Labute approximate surface area is 163 Å². The van der Waals surface area contributed by atoms with E-state index in [9.17, 15) is 0 Å². The highest BCUT2D eigenvalue weighted by Gasteiger charge is 2.09. The number of fused-ring (bicyclic) bond motifs is 1.